The number of benzene rings is 1. The topological polar surface area (TPSA) is 62.7 Å². The van der Waals surface area contributed by atoms with Crippen LogP contribution in [0.5, 0.6) is 0 Å². The number of fused-ring (bicyclic) bond motifs is 1. The van der Waals surface area contributed by atoms with Gasteiger partial charge in [-0.05, 0) is 38.1 Å². The number of anilines is 1. The molecule has 0 amide bonds. The Labute approximate surface area is 123 Å². The smallest absolute Gasteiger partial charge is 0.336 e. The number of pyridine rings is 1. The molecule has 0 spiro atoms. The van der Waals surface area contributed by atoms with Gasteiger partial charge in [-0.25, -0.2) is 4.79 Å². The lowest BCUT2D eigenvalue weighted by atomic mass is 10.1. The zero-order chi connectivity index (χ0) is 15.0. The average molecular weight is 286 g/mol. The third kappa shape index (κ3) is 2.45. The molecule has 1 aliphatic heterocycles. The first-order chi connectivity index (χ1) is 10.1. The second-order valence-corrected chi connectivity index (χ2v) is 5.38. The van der Waals surface area contributed by atoms with Gasteiger partial charge in [0.15, 0.2) is 0 Å². The minimum Gasteiger partial charge on any atom is -0.478 e. The molecule has 3 rings (SSSR count). The zero-order valence-electron chi connectivity index (χ0n) is 12.1. The predicted octanol–water partition coefficient (Wildman–Crippen LogP) is 2.55. The number of nitrogens with zero attached hydrogens (tertiary/aromatic N) is 2. The van der Waals surface area contributed by atoms with Gasteiger partial charge in [-0.15, -0.1) is 0 Å². The van der Waals surface area contributed by atoms with Gasteiger partial charge in [-0.3, -0.25) is 4.98 Å². The molecule has 0 bridgehead atoms. The van der Waals surface area contributed by atoms with Crippen LogP contribution >= 0.6 is 0 Å². The first kappa shape index (κ1) is 13.8. The highest BCUT2D eigenvalue weighted by Crippen LogP contribution is 2.27. The number of carbonyl (C=O) groups is 1. The van der Waals surface area contributed by atoms with Crippen LogP contribution < -0.4 is 4.90 Å². The Kier molecular flexibility index (Phi) is 3.51. The maximum absolute atomic E-state index is 11.4. The lowest BCUT2D eigenvalue weighted by Gasteiger charge is -2.39. The molecular formula is C16H18N2O3. The maximum Gasteiger partial charge on any atom is 0.336 e. The number of carboxylic acids is 1. The van der Waals surface area contributed by atoms with Crippen molar-refractivity contribution in [3.8, 4) is 0 Å². The summed E-state index contributed by atoms with van der Waals surface area (Å²) in [7, 11) is 0. The van der Waals surface area contributed by atoms with E-state index in [2.05, 4.69) is 23.7 Å². The number of hydrogen-bond donors (Lipinski definition) is 1. The molecule has 2 aromatic rings. The quantitative estimate of drug-likeness (QED) is 0.919. The van der Waals surface area contributed by atoms with Gasteiger partial charge in [0, 0.05) is 23.8 Å². The lowest BCUT2D eigenvalue weighted by Crippen LogP contribution is -2.48. The summed E-state index contributed by atoms with van der Waals surface area (Å²) in [5, 5.41) is 9.99. The minimum absolute atomic E-state index is 0.155. The molecule has 1 aromatic carbocycles. The van der Waals surface area contributed by atoms with E-state index in [1.807, 2.05) is 18.2 Å². The molecular weight excluding hydrogens is 268 g/mol. The average Bonchev–Trinajstić information content (AvgIpc) is 2.48. The Balaban J connectivity index is 2.08. The first-order valence-electron chi connectivity index (χ1n) is 7.08. The van der Waals surface area contributed by atoms with Crippen molar-refractivity contribution in [3.05, 3.63) is 36.0 Å². The molecule has 0 aliphatic carbocycles. The van der Waals surface area contributed by atoms with Crippen LogP contribution in [0.25, 0.3) is 10.9 Å². The van der Waals surface area contributed by atoms with Crippen molar-refractivity contribution >= 4 is 22.6 Å². The number of rotatable bonds is 2. The highest BCUT2D eigenvalue weighted by molar-refractivity contribution is 6.03. The molecule has 110 valence electrons. The van der Waals surface area contributed by atoms with Crippen molar-refractivity contribution < 1.29 is 14.6 Å². The van der Waals surface area contributed by atoms with E-state index in [4.69, 9.17) is 4.74 Å². The van der Waals surface area contributed by atoms with Crippen molar-refractivity contribution in [2.45, 2.75) is 26.0 Å². The lowest BCUT2D eigenvalue weighted by molar-refractivity contribution is 0.0284. The summed E-state index contributed by atoms with van der Waals surface area (Å²) in [6.45, 7) is 5.67. The van der Waals surface area contributed by atoms with Crippen molar-refractivity contribution in [2.75, 3.05) is 18.1 Å². The number of aromatic carboxylic acids is 1. The third-order valence-corrected chi connectivity index (χ3v) is 4.17. The third-order valence-electron chi connectivity index (χ3n) is 4.17. The summed E-state index contributed by atoms with van der Waals surface area (Å²) in [6, 6.07) is 7.58. The van der Waals surface area contributed by atoms with E-state index in [1.165, 1.54) is 6.20 Å². The molecule has 0 unspecified atom stereocenters. The van der Waals surface area contributed by atoms with Crippen LogP contribution in [0.15, 0.2) is 30.5 Å². The van der Waals surface area contributed by atoms with Gasteiger partial charge in [-0.1, -0.05) is 0 Å². The van der Waals surface area contributed by atoms with Gasteiger partial charge in [-0.2, -0.15) is 0 Å². The molecule has 0 radical (unpaired) electrons. The van der Waals surface area contributed by atoms with Crippen LogP contribution in [0.1, 0.15) is 24.2 Å². The molecule has 2 heterocycles. The standard InChI is InChI=1S/C16H18N2O3/c1-10-11(2)21-8-7-18(10)12-3-4-15-14(9-12)13(16(19)20)5-6-17-15/h3-6,9-11H,7-8H2,1-2H3,(H,19,20)/t10-,11-/m1/s1. The summed E-state index contributed by atoms with van der Waals surface area (Å²) in [5.74, 6) is -0.928. The van der Waals surface area contributed by atoms with Crippen LogP contribution in [-0.4, -0.2) is 41.4 Å². The van der Waals surface area contributed by atoms with Crippen LogP contribution in [0.2, 0.25) is 0 Å². The summed E-state index contributed by atoms with van der Waals surface area (Å²) in [5.41, 5.74) is 2.00. The second kappa shape index (κ2) is 5.33. The summed E-state index contributed by atoms with van der Waals surface area (Å²) < 4.78 is 5.64. The van der Waals surface area contributed by atoms with Crippen molar-refractivity contribution in [1.82, 2.24) is 4.98 Å². The van der Waals surface area contributed by atoms with E-state index in [0.717, 1.165) is 12.2 Å². The van der Waals surface area contributed by atoms with Crippen LogP contribution in [0, 0.1) is 0 Å². The second-order valence-electron chi connectivity index (χ2n) is 5.38. The van der Waals surface area contributed by atoms with Gasteiger partial charge in [0.2, 0.25) is 0 Å². The van der Waals surface area contributed by atoms with E-state index >= 15 is 0 Å². The van der Waals surface area contributed by atoms with E-state index in [-0.39, 0.29) is 17.7 Å². The monoisotopic (exact) mass is 286 g/mol. The van der Waals surface area contributed by atoms with E-state index in [1.54, 1.807) is 6.07 Å². The Morgan fingerprint density at radius 2 is 2.19 bits per heavy atom. The fraction of sp³-hybridized carbons (Fsp3) is 0.375. The van der Waals surface area contributed by atoms with Gasteiger partial charge < -0.3 is 14.7 Å². The minimum atomic E-state index is -0.928. The summed E-state index contributed by atoms with van der Waals surface area (Å²) in [6.07, 6.45) is 1.69. The molecule has 1 aromatic heterocycles. The maximum atomic E-state index is 11.4. The summed E-state index contributed by atoms with van der Waals surface area (Å²) >= 11 is 0. The van der Waals surface area contributed by atoms with Crippen LogP contribution in [0.3, 0.4) is 0 Å². The normalized spacial score (nSPS) is 22.5. The zero-order valence-corrected chi connectivity index (χ0v) is 12.1. The van der Waals surface area contributed by atoms with Crippen LogP contribution in [0.4, 0.5) is 5.69 Å². The van der Waals surface area contributed by atoms with Gasteiger partial charge >= 0.3 is 5.97 Å². The first-order valence-corrected chi connectivity index (χ1v) is 7.08. The number of hydrogen-bond acceptors (Lipinski definition) is 4. The Morgan fingerprint density at radius 1 is 1.38 bits per heavy atom. The molecule has 21 heavy (non-hydrogen) atoms. The highest BCUT2D eigenvalue weighted by atomic mass is 16.5. The van der Waals surface area contributed by atoms with Crippen molar-refractivity contribution in [1.29, 1.82) is 0 Å². The predicted molar refractivity (Wildman–Crippen MR) is 80.9 cm³/mol. The fourth-order valence-electron chi connectivity index (χ4n) is 2.80. The Morgan fingerprint density at radius 3 is 2.95 bits per heavy atom. The van der Waals surface area contributed by atoms with E-state index < -0.39 is 5.97 Å². The van der Waals surface area contributed by atoms with Gasteiger partial charge in [0.25, 0.3) is 0 Å². The molecule has 1 aliphatic rings. The van der Waals surface area contributed by atoms with Crippen molar-refractivity contribution in [3.63, 3.8) is 0 Å². The molecule has 0 saturated carbocycles. The number of aromatic nitrogens is 1. The van der Waals surface area contributed by atoms with Crippen molar-refractivity contribution in [2.24, 2.45) is 0 Å². The van der Waals surface area contributed by atoms with E-state index in [0.29, 0.717) is 17.5 Å². The van der Waals surface area contributed by atoms with E-state index in [9.17, 15) is 9.90 Å². The Bertz CT molecular complexity index is 686. The fourth-order valence-corrected chi connectivity index (χ4v) is 2.80. The molecule has 1 fully saturated rings. The molecule has 1 N–H and O–H groups in total. The summed E-state index contributed by atoms with van der Waals surface area (Å²) in [4.78, 5) is 17.9. The molecule has 1 saturated heterocycles. The van der Waals surface area contributed by atoms with Gasteiger partial charge in [0.05, 0.1) is 29.8 Å². The molecule has 2 atom stereocenters. The number of ether oxygens (including phenoxy) is 1. The van der Waals surface area contributed by atoms with Crippen LogP contribution in [-0.2, 0) is 4.74 Å². The number of carboxylic acid groups (broad SMARTS) is 1. The van der Waals surface area contributed by atoms with Gasteiger partial charge in [0.1, 0.15) is 0 Å². The Hall–Kier alpha value is -2.14. The highest BCUT2D eigenvalue weighted by Gasteiger charge is 2.26. The SMILES string of the molecule is C[C@@H]1[C@@H](C)OCCN1c1ccc2nccc(C(=O)O)c2c1. The number of morpholine rings is 1. The largest absolute Gasteiger partial charge is 0.478 e. The molecule has 5 heteroatoms. The molecule has 5 nitrogen and oxygen atoms in total.